The average molecular weight is 323 g/mol. The van der Waals surface area contributed by atoms with Gasteiger partial charge in [-0.1, -0.05) is 59.7 Å². The van der Waals surface area contributed by atoms with Crippen LogP contribution in [-0.2, 0) is 9.84 Å². The highest BCUT2D eigenvalue weighted by Gasteiger charge is 2.42. The number of sulfone groups is 1. The summed E-state index contributed by atoms with van der Waals surface area (Å²) in [5.41, 5.74) is 4.55. The van der Waals surface area contributed by atoms with E-state index in [1.807, 2.05) is 6.07 Å². The van der Waals surface area contributed by atoms with Crippen LogP contribution in [0, 0.1) is 10.8 Å². The minimum atomic E-state index is -3.52. The molecule has 0 saturated heterocycles. The van der Waals surface area contributed by atoms with Gasteiger partial charge in [0.1, 0.15) is 8.07 Å². The van der Waals surface area contributed by atoms with Gasteiger partial charge in [0.25, 0.3) is 0 Å². The van der Waals surface area contributed by atoms with Crippen molar-refractivity contribution in [1.29, 1.82) is 0 Å². The smallest absolute Gasteiger partial charge is 0.210 e. The lowest BCUT2D eigenvalue weighted by Gasteiger charge is -2.37. The molecule has 0 spiro atoms. The highest BCUT2D eigenvalue weighted by atomic mass is 32.2. The first-order chi connectivity index (χ1) is 9.64. The zero-order chi connectivity index (χ0) is 16.3. The molecule has 0 fully saturated rings. The monoisotopic (exact) mass is 322 g/mol. The summed E-state index contributed by atoms with van der Waals surface area (Å²) in [6, 6.07) is 8.47. The van der Waals surface area contributed by atoms with Crippen LogP contribution in [0.3, 0.4) is 0 Å². The molecular formula is C17H26O2SSi. The Hall–Kier alpha value is -1.05. The summed E-state index contributed by atoms with van der Waals surface area (Å²) in [5.74, 6) is 0. The third kappa shape index (κ3) is 3.78. The molecule has 0 bridgehead atoms. The summed E-state index contributed by atoms with van der Waals surface area (Å²) in [5, 5.41) is 2.64. The topological polar surface area (TPSA) is 34.1 Å². The van der Waals surface area contributed by atoms with Gasteiger partial charge in [0.15, 0.2) is 0 Å². The van der Waals surface area contributed by atoms with E-state index >= 15 is 0 Å². The fourth-order valence-corrected chi connectivity index (χ4v) is 9.99. The van der Waals surface area contributed by atoms with Crippen LogP contribution < -0.4 is 0 Å². The molecule has 0 heterocycles. The Morgan fingerprint density at radius 3 is 1.67 bits per heavy atom. The third-order valence-corrected chi connectivity index (χ3v) is 12.1. The highest BCUT2D eigenvalue weighted by Crippen LogP contribution is 2.40. The van der Waals surface area contributed by atoms with Crippen LogP contribution in [0.1, 0.15) is 41.5 Å². The zero-order valence-corrected chi connectivity index (χ0v) is 15.7. The van der Waals surface area contributed by atoms with Crippen molar-refractivity contribution in [2.75, 3.05) is 0 Å². The van der Waals surface area contributed by atoms with Gasteiger partial charge in [-0.15, -0.1) is 5.54 Å². The molecule has 21 heavy (non-hydrogen) atoms. The predicted octanol–water partition coefficient (Wildman–Crippen LogP) is 4.64. The normalized spacial score (nSPS) is 12.6. The average Bonchev–Trinajstić information content (AvgIpc) is 2.39. The van der Waals surface area contributed by atoms with Gasteiger partial charge >= 0.3 is 0 Å². The molecule has 1 aromatic rings. The molecular weight excluding hydrogens is 296 g/mol. The van der Waals surface area contributed by atoms with Crippen LogP contribution in [0.5, 0.6) is 0 Å². The Labute approximate surface area is 130 Å². The van der Waals surface area contributed by atoms with Gasteiger partial charge in [0.05, 0.1) is 4.90 Å². The van der Waals surface area contributed by atoms with Crippen molar-refractivity contribution in [3.8, 4) is 10.8 Å². The van der Waals surface area contributed by atoms with E-state index in [0.29, 0.717) is 16.6 Å². The molecule has 2 nitrogen and oxygen atoms in total. The van der Waals surface area contributed by atoms with E-state index in [1.165, 1.54) is 0 Å². The molecule has 0 radical (unpaired) electrons. The second-order valence-corrected chi connectivity index (χ2v) is 13.7. The van der Waals surface area contributed by atoms with Gasteiger partial charge in [-0.3, -0.25) is 0 Å². The van der Waals surface area contributed by atoms with Crippen molar-refractivity contribution in [3.05, 3.63) is 30.3 Å². The third-order valence-electron chi connectivity index (χ3n) is 4.32. The second kappa shape index (κ2) is 6.80. The Kier molecular flexibility index (Phi) is 5.83. The molecule has 0 atom stereocenters. The number of hydrogen-bond donors (Lipinski definition) is 0. The lowest BCUT2D eigenvalue weighted by molar-refractivity contribution is 0.606. The fourth-order valence-electron chi connectivity index (χ4n) is 3.25. The summed E-state index contributed by atoms with van der Waals surface area (Å²) in [4.78, 5) is 0.289. The van der Waals surface area contributed by atoms with E-state index in [9.17, 15) is 8.42 Å². The highest BCUT2D eigenvalue weighted by molar-refractivity contribution is 7.96. The number of hydrogen-bond acceptors (Lipinski definition) is 2. The first-order valence-electron chi connectivity index (χ1n) is 7.48. The molecule has 0 N–H and O–H groups in total. The largest absolute Gasteiger partial charge is 0.244 e. The van der Waals surface area contributed by atoms with Crippen molar-refractivity contribution >= 4 is 17.9 Å². The van der Waals surface area contributed by atoms with Crippen LogP contribution in [-0.4, -0.2) is 16.5 Å². The summed E-state index contributed by atoms with van der Waals surface area (Å²) in [6.45, 7) is 13.1. The summed E-state index contributed by atoms with van der Waals surface area (Å²) < 4.78 is 24.8. The summed E-state index contributed by atoms with van der Waals surface area (Å²) >= 11 is 0. The maximum Gasteiger partial charge on any atom is 0.244 e. The van der Waals surface area contributed by atoms with Crippen molar-refractivity contribution in [3.63, 3.8) is 0 Å². The van der Waals surface area contributed by atoms with E-state index in [0.717, 1.165) is 0 Å². The molecule has 0 amide bonds. The molecule has 1 rings (SSSR count). The van der Waals surface area contributed by atoms with E-state index < -0.39 is 17.9 Å². The molecule has 0 aliphatic rings. The van der Waals surface area contributed by atoms with Crippen LogP contribution in [0.15, 0.2) is 35.2 Å². The Morgan fingerprint density at radius 1 is 0.857 bits per heavy atom. The van der Waals surface area contributed by atoms with Crippen molar-refractivity contribution in [1.82, 2.24) is 0 Å². The molecule has 4 heteroatoms. The summed E-state index contributed by atoms with van der Waals surface area (Å²) in [6.07, 6.45) is 0. The van der Waals surface area contributed by atoms with Crippen LogP contribution >= 0.6 is 0 Å². The maximum atomic E-state index is 12.4. The Morgan fingerprint density at radius 2 is 1.29 bits per heavy atom. The lowest BCUT2D eigenvalue weighted by Crippen LogP contribution is -2.43. The summed E-state index contributed by atoms with van der Waals surface area (Å²) in [7, 11) is -5.53. The first kappa shape index (κ1) is 18.0. The quantitative estimate of drug-likeness (QED) is 0.598. The van der Waals surface area contributed by atoms with Crippen molar-refractivity contribution in [2.24, 2.45) is 0 Å². The standard InChI is InChI=1S/C17H26O2SSi/c1-14(2)21(15(3)4,16(5)6)13-12-20(18,19)17-10-8-7-9-11-17/h7-11,14-16H,1-6H3. The fraction of sp³-hybridized carbons (Fsp3) is 0.529. The second-order valence-electron chi connectivity index (χ2n) is 6.44. The Bertz CT molecular complexity index is 598. The van der Waals surface area contributed by atoms with Crippen LogP contribution in [0.4, 0.5) is 0 Å². The number of rotatable bonds is 4. The molecule has 0 aliphatic heterocycles. The molecule has 0 aliphatic carbocycles. The minimum Gasteiger partial charge on any atom is -0.210 e. The number of benzene rings is 1. The molecule has 0 aromatic heterocycles. The van der Waals surface area contributed by atoms with E-state index in [-0.39, 0.29) is 4.90 Å². The van der Waals surface area contributed by atoms with Gasteiger partial charge in [-0.25, -0.2) is 8.42 Å². The Balaban J connectivity index is 3.36. The predicted molar refractivity (Wildman–Crippen MR) is 92.5 cm³/mol. The van der Waals surface area contributed by atoms with E-state index in [2.05, 4.69) is 52.3 Å². The van der Waals surface area contributed by atoms with Gasteiger partial charge in [-0.2, -0.15) is 0 Å². The molecule has 0 unspecified atom stereocenters. The SMILES string of the molecule is CC(C)[Si](C#CS(=O)(=O)c1ccccc1)(C(C)C)C(C)C. The molecule has 116 valence electrons. The van der Waals surface area contributed by atoms with Gasteiger partial charge < -0.3 is 0 Å². The lowest BCUT2D eigenvalue weighted by atomic mass is 10.4. The van der Waals surface area contributed by atoms with Gasteiger partial charge in [0, 0.05) is 5.25 Å². The zero-order valence-electron chi connectivity index (χ0n) is 13.8. The van der Waals surface area contributed by atoms with E-state index in [4.69, 9.17) is 0 Å². The van der Waals surface area contributed by atoms with Crippen LogP contribution in [0.2, 0.25) is 16.6 Å². The maximum absolute atomic E-state index is 12.4. The van der Waals surface area contributed by atoms with Crippen LogP contribution in [0.25, 0.3) is 0 Å². The first-order valence-corrected chi connectivity index (χ1v) is 11.2. The van der Waals surface area contributed by atoms with Gasteiger partial charge in [0.2, 0.25) is 9.84 Å². The van der Waals surface area contributed by atoms with E-state index in [1.54, 1.807) is 24.3 Å². The minimum absolute atomic E-state index is 0.289. The van der Waals surface area contributed by atoms with Crippen molar-refractivity contribution < 1.29 is 8.42 Å². The van der Waals surface area contributed by atoms with Crippen molar-refractivity contribution in [2.45, 2.75) is 63.1 Å². The molecule has 1 aromatic carbocycles. The van der Waals surface area contributed by atoms with Gasteiger partial charge in [-0.05, 0) is 28.8 Å². The molecule has 0 saturated carbocycles.